The molecule has 0 saturated carbocycles. The highest BCUT2D eigenvalue weighted by Gasteiger charge is 2.35. The molecule has 10 rings (SSSR count). The summed E-state index contributed by atoms with van der Waals surface area (Å²) in [6.07, 6.45) is 0. The maximum atomic E-state index is 6.09. The number of hydrogen-bond acceptors (Lipinski definition) is 2. The number of nitrogens with zero attached hydrogens (tertiary/aromatic N) is 1. The monoisotopic (exact) mass is 679 g/mol. The van der Waals surface area contributed by atoms with Crippen molar-refractivity contribution in [3.05, 3.63) is 199 Å². The number of fused-ring (bicyclic) bond motifs is 6. The molecule has 0 amide bonds. The van der Waals surface area contributed by atoms with Gasteiger partial charge in [-0.1, -0.05) is 135 Å². The van der Waals surface area contributed by atoms with E-state index in [1.165, 1.54) is 50.1 Å². The van der Waals surface area contributed by atoms with Crippen LogP contribution in [0.5, 0.6) is 0 Å². The first-order valence-electron chi connectivity index (χ1n) is 18.3. The Balaban J connectivity index is 0.999. The van der Waals surface area contributed by atoms with E-state index in [1.54, 1.807) is 0 Å². The molecule has 2 nitrogen and oxygen atoms in total. The molecule has 9 aromatic rings. The first kappa shape index (κ1) is 31.1. The van der Waals surface area contributed by atoms with Crippen LogP contribution in [0.2, 0.25) is 0 Å². The molecule has 0 bridgehead atoms. The van der Waals surface area contributed by atoms with Crippen molar-refractivity contribution in [3.63, 3.8) is 0 Å². The average molecular weight is 680 g/mol. The van der Waals surface area contributed by atoms with E-state index in [4.69, 9.17) is 4.42 Å². The van der Waals surface area contributed by atoms with Crippen molar-refractivity contribution >= 4 is 39.0 Å². The van der Waals surface area contributed by atoms with Crippen molar-refractivity contribution in [1.29, 1.82) is 0 Å². The fourth-order valence-electron chi connectivity index (χ4n) is 8.34. The van der Waals surface area contributed by atoms with Crippen molar-refractivity contribution in [2.24, 2.45) is 0 Å². The van der Waals surface area contributed by atoms with Crippen molar-refractivity contribution in [3.8, 4) is 44.5 Å². The lowest BCUT2D eigenvalue weighted by molar-refractivity contribution is 0.660. The smallest absolute Gasteiger partial charge is 0.135 e. The lowest BCUT2D eigenvalue weighted by Crippen LogP contribution is -2.14. The summed E-state index contributed by atoms with van der Waals surface area (Å²) in [6.45, 7) is 4.67. The van der Waals surface area contributed by atoms with E-state index in [0.717, 1.165) is 44.6 Å². The zero-order chi connectivity index (χ0) is 35.5. The maximum Gasteiger partial charge on any atom is 0.135 e. The molecule has 0 radical (unpaired) electrons. The fraction of sp³-hybridized carbons (Fsp3) is 0.0588. The maximum absolute atomic E-state index is 6.09. The molecule has 252 valence electrons. The third-order valence-electron chi connectivity index (χ3n) is 11.1. The van der Waals surface area contributed by atoms with Gasteiger partial charge in [-0.25, -0.2) is 0 Å². The summed E-state index contributed by atoms with van der Waals surface area (Å²) in [5.41, 5.74) is 17.8. The van der Waals surface area contributed by atoms with Crippen molar-refractivity contribution in [1.82, 2.24) is 0 Å². The molecule has 0 spiro atoms. The Hall–Kier alpha value is -6.64. The molecule has 1 aliphatic rings. The minimum atomic E-state index is 0.00158. The van der Waals surface area contributed by atoms with Crippen LogP contribution < -0.4 is 4.90 Å². The Kier molecular flexibility index (Phi) is 7.19. The minimum Gasteiger partial charge on any atom is -0.456 e. The van der Waals surface area contributed by atoms with Gasteiger partial charge < -0.3 is 9.32 Å². The highest BCUT2D eigenvalue weighted by atomic mass is 16.3. The van der Waals surface area contributed by atoms with Crippen LogP contribution in [-0.2, 0) is 5.41 Å². The first-order chi connectivity index (χ1) is 26.0. The standard InChI is InChI=1S/C51H37NO/c1-51(2)47-20-8-6-18-43(47)45-32-39(24-28-48(45)51)36-13-10-12-35(30-36)37-14-11-17-42(31-37)52(40-15-4-3-5-16-40)41-26-22-34(23-27-41)38-25-29-50-46(33-38)44-19-7-9-21-49(44)53-50/h3-33H,1-2H3. The van der Waals surface area contributed by atoms with E-state index < -0.39 is 0 Å². The van der Waals surface area contributed by atoms with Crippen LogP contribution in [0.3, 0.4) is 0 Å². The molecular formula is C51H37NO. The van der Waals surface area contributed by atoms with E-state index in [0.29, 0.717) is 0 Å². The molecule has 0 atom stereocenters. The van der Waals surface area contributed by atoms with Gasteiger partial charge in [-0.2, -0.15) is 0 Å². The summed E-state index contributed by atoms with van der Waals surface area (Å²) in [4.78, 5) is 2.34. The second-order valence-electron chi connectivity index (χ2n) is 14.6. The third-order valence-corrected chi connectivity index (χ3v) is 11.1. The summed E-state index contributed by atoms with van der Waals surface area (Å²) < 4.78 is 6.09. The molecule has 53 heavy (non-hydrogen) atoms. The van der Waals surface area contributed by atoms with Crippen LogP contribution in [0.25, 0.3) is 66.4 Å². The van der Waals surface area contributed by atoms with Gasteiger partial charge in [0.1, 0.15) is 11.2 Å². The Bertz CT molecular complexity index is 2810. The normalized spacial score (nSPS) is 12.9. The van der Waals surface area contributed by atoms with Crippen molar-refractivity contribution in [2.75, 3.05) is 4.90 Å². The van der Waals surface area contributed by atoms with Crippen molar-refractivity contribution < 1.29 is 4.42 Å². The third kappa shape index (κ3) is 5.26. The van der Waals surface area contributed by atoms with Gasteiger partial charge in [-0.15, -0.1) is 0 Å². The lowest BCUT2D eigenvalue weighted by atomic mass is 9.82. The van der Waals surface area contributed by atoms with E-state index in [2.05, 4.69) is 195 Å². The van der Waals surface area contributed by atoms with Crippen LogP contribution >= 0.6 is 0 Å². The Morgan fingerprint density at radius 1 is 0.358 bits per heavy atom. The van der Waals surface area contributed by atoms with E-state index in [1.807, 2.05) is 12.1 Å². The van der Waals surface area contributed by atoms with Gasteiger partial charge in [0.2, 0.25) is 0 Å². The van der Waals surface area contributed by atoms with Gasteiger partial charge in [0.05, 0.1) is 0 Å². The Morgan fingerprint density at radius 2 is 0.925 bits per heavy atom. The Labute approximate surface area is 310 Å². The lowest BCUT2D eigenvalue weighted by Gasteiger charge is -2.26. The second-order valence-corrected chi connectivity index (χ2v) is 14.6. The summed E-state index contributed by atoms with van der Waals surface area (Å²) in [5, 5.41) is 2.28. The molecule has 1 aliphatic carbocycles. The molecule has 8 aromatic carbocycles. The van der Waals surface area contributed by atoms with Crippen LogP contribution in [-0.4, -0.2) is 0 Å². The van der Waals surface area contributed by atoms with Crippen LogP contribution in [0.1, 0.15) is 25.0 Å². The molecule has 1 heterocycles. The number of rotatable bonds is 6. The number of anilines is 3. The topological polar surface area (TPSA) is 16.4 Å². The molecule has 0 fully saturated rings. The molecule has 0 N–H and O–H groups in total. The molecule has 1 aromatic heterocycles. The molecule has 2 heteroatoms. The zero-order valence-corrected chi connectivity index (χ0v) is 29.8. The van der Waals surface area contributed by atoms with Gasteiger partial charge in [0.25, 0.3) is 0 Å². The molecular weight excluding hydrogens is 643 g/mol. The largest absolute Gasteiger partial charge is 0.456 e. The minimum absolute atomic E-state index is 0.00158. The highest BCUT2D eigenvalue weighted by Crippen LogP contribution is 2.49. The molecule has 0 aliphatic heterocycles. The molecule has 0 unspecified atom stereocenters. The highest BCUT2D eigenvalue weighted by molar-refractivity contribution is 6.06. The predicted molar refractivity (Wildman–Crippen MR) is 222 cm³/mol. The predicted octanol–water partition coefficient (Wildman–Crippen LogP) is 14.4. The van der Waals surface area contributed by atoms with Gasteiger partial charge in [-0.05, 0) is 122 Å². The first-order valence-corrected chi connectivity index (χ1v) is 18.3. The summed E-state index contributed by atoms with van der Waals surface area (Å²) in [5.74, 6) is 0. The van der Waals surface area contributed by atoms with E-state index >= 15 is 0 Å². The zero-order valence-electron chi connectivity index (χ0n) is 29.8. The quantitative estimate of drug-likeness (QED) is 0.174. The van der Waals surface area contributed by atoms with Crippen LogP contribution in [0, 0.1) is 0 Å². The number of benzene rings is 8. The second kappa shape index (κ2) is 12.3. The summed E-state index contributed by atoms with van der Waals surface area (Å²) in [6, 6.07) is 67.9. The number of para-hydroxylation sites is 2. The van der Waals surface area contributed by atoms with Crippen LogP contribution in [0.15, 0.2) is 192 Å². The average Bonchev–Trinajstić information content (AvgIpc) is 3.70. The SMILES string of the molecule is CC1(C)c2ccccc2-c2cc(-c3cccc(-c4cccc(N(c5ccccc5)c5ccc(-c6ccc7oc8ccccc8c7c6)cc5)c4)c3)ccc21. The van der Waals surface area contributed by atoms with Gasteiger partial charge in [-0.3, -0.25) is 0 Å². The van der Waals surface area contributed by atoms with E-state index in [9.17, 15) is 0 Å². The number of furan rings is 1. The summed E-state index contributed by atoms with van der Waals surface area (Å²) >= 11 is 0. The van der Waals surface area contributed by atoms with Gasteiger partial charge in [0.15, 0.2) is 0 Å². The van der Waals surface area contributed by atoms with Gasteiger partial charge in [0, 0.05) is 33.2 Å². The van der Waals surface area contributed by atoms with E-state index in [-0.39, 0.29) is 5.41 Å². The Morgan fingerprint density at radius 3 is 1.75 bits per heavy atom. The molecule has 0 saturated heterocycles. The van der Waals surface area contributed by atoms with Crippen LogP contribution in [0.4, 0.5) is 17.1 Å². The van der Waals surface area contributed by atoms with Gasteiger partial charge >= 0.3 is 0 Å². The fourth-order valence-corrected chi connectivity index (χ4v) is 8.34. The van der Waals surface area contributed by atoms with Crippen molar-refractivity contribution in [2.45, 2.75) is 19.3 Å². The number of hydrogen-bond donors (Lipinski definition) is 0. The summed E-state index contributed by atoms with van der Waals surface area (Å²) in [7, 11) is 0.